The van der Waals surface area contributed by atoms with Crippen molar-refractivity contribution in [3.8, 4) is 5.75 Å². The molecule has 1 saturated heterocycles. The van der Waals surface area contributed by atoms with E-state index in [9.17, 15) is 18.0 Å². The Balaban J connectivity index is 1.56. The molecule has 0 aromatic heterocycles. The van der Waals surface area contributed by atoms with Crippen LogP contribution in [-0.2, 0) is 37.6 Å². The van der Waals surface area contributed by atoms with Crippen molar-refractivity contribution in [3.05, 3.63) is 96.1 Å². The number of hydrogen-bond donors (Lipinski definition) is 1. The fraction of sp³-hybridized carbons (Fsp3) is 0.231. The van der Waals surface area contributed by atoms with Gasteiger partial charge >= 0.3 is 0 Å². The highest BCUT2D eigenvalue weighted by molar-refractivity contribution is 7.89. The van der Waals surface area contributed by atoms with Gasteiger partial charge in [0.25, 0.3) is 5.91 Å². The van der Waals surface area contributed by atoms with Crippen molar-refractivity contribution in [2.75, 3.05) is 13.8 Å². The largest absolute Gasteiger partial charge is 0.497 e. The van der Waals surface area contributed by atoms with Crippen molar-refractivity contribution in [3.63, 3.8) is 0 Å². The summed E-state index contributed by atoms with van der Waals surface area (Å²) in [6.45, 7) is 0.0324. The lowest BCUT2D eigenvalue weighted by Crippen LogP contribution is -2.59. The minimum Gasteiger partial charge on any atom is -0.497 e. The Morgan fingerprint density at radius 3 is 2.17 bits per heavy atom. The summed E-state index contributed by atoms with van der Waals surface area (Å²) in [7, 11) is -2.66. The maximum Gasteiger partial charge on any atom is 0.262 e. The smallest absolute Gasteiger partial charge is 0.262 e. The second-order valence-corrected chi connectivity index (χ2v) is 10.1. The van der Waals surface area contributed by atoms with Gasteiger partial charge in [0.2, 0.25) is 15.9 Å². The molecule has 1 aliphatic heterocycles. The molecule has 1 fully saturated rings. The molecule has 0 bridgehead atoms. The summed E-state index contributed by atoms with van der Waals surface area (Å²) >= 11 is 0. The van der Waals surface area contributed by atoms with Crippen LogP contribution >= 0.6 is 0 Å². The van der Waals surface area contributed by atoms with Gasteiger partial charge in [-0.2, -0.15) is 4.31 Å². The van der Waals surface area contributed by atoms with Gasteiger partial charge in [0, 0.05) is 6.54 Å². The molecular weight excluding hydrogens is 482 g/mol. The first-order valence-electron chi connectivity index (χ1n) is 11.3. The number of nitrogens with zero attached hydrogens (tertiary/aromatic N) is 2. The highest BCUT2D eigenvalue weighted by atomic mass is 32.2. The average Bonchev–Trinajstić information content (AvgIpc) is 2.90. The van der Waals surface area contributed by atoms with Gasteiger partial charge in [-0.05, 0) is 35.4 Å². The van der Waals surface area contributed by atoms with Crippen LogP contribution in [0, 0.1) is 0 Å². The molecule has 3 aromatic carbocycles. The summed E-state index contributed by atoms with van der Waals surface area (Å²) in [5, 5.41) is 0. The first-order chi connectivity index (χ1) is 17.4. The van der Waals surface area contributed by atoms with E-state index < -0.39 is 22.0 Å². The van der Waals surface area contributed by atoms with Crippen molar-refractivity contribution in [2.45, 2.75) is 30.5 Å². The van der Waals surface area contributed by atoms with Crippen molar-refractivity contribution >= 4 is 21.8 Å². The SMILES string of the molecule is COc1ccc(S(=O)(=O)N2CN(Cc3ccccc3)C(=O)C[C@@H]2C(=O)NOCc2ccccc2)cc1. The fourth-order valence-corrected chi connectivity index (χ4v) is 5.41. The van der Waals surface area contributed by atoms with E-state index in [1.165, 1.54) is 36.3 Å². The number of hydrogen-bond acceptors (Lipinski definition) is 6. The lowest BCUT2D eigenvalue weighted by molar-refractivity contribution is -0.149. The van der Waals surface area contributed by atoms with Crippen LogP contribution in [0.4, 0.5) is 0 Å². The van der Waals surface area contributed by atoms with E-state index in [-0.39, 0.29) is 37.0 Å². The summed E-state index contributed by atoms with van der Waals surface area (Å²) < 4.78 is 33.4. The number of carbonyl (C=O) groups is 2. The molecule has 0 unspecified atom stereocenters. The van der Waals surface area contributed by atoms with Crippen molar-refractivity contribution in [1.29, 1.82) is 0 Å². The van der Waals surface area contributed by atoms with Crippen molar-refractivity contribution in [2.24, 2.45) is 0 Å². The number of ether oxygens (including phenoxy) is 1. The Labute approximate surface area is 210 Å². The monoisotopic (exact) mass is 509 g/mol. The molecular formula is C26H27N3O6S. The summed E-state index contributed by atoms with van der Waals surface area (Å²) in [5.41, 5.74) is 4.00. The Morgan fingerprint density at radius 1 is 0.944 bits per heavy atom. The molecule has 0 spiro atoms. The van der Waals surface area contributed by atoms with Crippen LogP contribution in [0.5, 0.6) is 5.75 Å². The minimum absolute atomic E-state index is 0.0136. The molecule has 9 nitrogen and oxygen atoms in total. The molecule has 36 heavy (non-hydrogen) atoms. The molecule has 10 heteroatoms. The molecule has 2 amide bonds. The molecule has 4 rings (SSSR count). The Hall–Kier alpha value is -3.73. The van der Waals surface area contributed by atoms with Crippen molar-refractivity contribution < 1.29 is 27.6 Å². The summed E-state index contributed by atoms with van der Waals surface area (Å²) in [5.74, 6) is -0.545. The van der Waals surface area contributed by atoms with Gasteiger partial charge in [-0.1, -0.05) is 60.7 Å². The number of nitrogens with one attached hydrogen (secondary N) is 1. The summed E-state index contributed by atoms with van der Waals surface area (Å²) in [4.78, 5) is 32.8. The number of hydroxylamine groups is 1. The third-order valence-electron chi connectivity index (χ3n) is 5.82. The van der Waals surface area contributed by atoms with E-state index in [0.29, 0.717) is 5.75 Å². The van der Waals surface area contributed by atoms with E-state index in [2.05, 4.69) is 5.48 Å². The van der Waals surface area contributed by atoms with Gasteiger partial charge < -0.3 is 9.64 Å². The molecule has 0 saturated carbocycles. The lowest BCUT2D eigenvalue weighted by atomic mass is 10.1. The van der Waals surface area contributed by atoms with Gasteiger partial charge in [0.15, 0.2) is 0 Å². The number of amides is 2. The van der Waals surface area contributed by atoms with Gasteiger partial charge in [0.05, 0.1) is 31.7 Å². The normalized spacial score (nSPS) is 16.5. The molecule has 0 radical (unpaired) electrons. The van der Waals surface area contributed by atoms with Crippen LogP contribution in [0.15, 0.2) is 89.8 Å². The van der Waals surface area contributed by atoms with Crippen LogP contribution < -0.4 is 10.2 Å². The molecule has 1 atom stereocenters. The quantitative estimate of drug-likeness (QED) is 0.445. The maximum atomic E-state index is 13.6. The average molecular weight is 510 g/mol. The topological polar surface area (TPSA) is 105 Å². The zero-order valence-corrected chi connectivity index (χ0v) is 20.6. The Bertz CT molecular complexity index is 1280. The number of rotatable bonds is 9. The predicted octanol–water partition coefficient (Wildman–Crippen LogP) is 2.69. The summed E-state index contributed by atoms with van der Waals surface area (Å²) in [6, 6.07) is 23.1. The molecule has 188 valence electrons. The predicted molar refractivity (Wildman–Crippen MR) is 132 cm³/mol. The first-order valence-corrected chi connectivity index (χ1v) is 12.8. The number of methoxy groups -OCH3 is 1. The summed E-state index contributed by atoms with van der Waals surface area (Å²) in [6.07, 6.45) is -0.317. The fourth-order valence-electron chi connectivity index (χ4n) is 3.87. The zero-order chi connectivity index (χ0) is 25.5. The van der Waals surface area contributed by atoms with Gasteiger partial charge in [-0.25, -0.2) is 13.9 Å². The van der Waals surface area contributed by atoms with Crippen LogP contribution in [-0.4, -0.2) is 49.3 Å². The Morgan fingerprint density at radius 2 is 1.56 bits per heavy atom. The molecule has 1 heterocycles. The molecule has 1 aliphatic rings. The maximum absolute atomic E-state index is 13.6. The van der Waals surface area contributed by atoms with E-state index >= 15 is 0 Å². The van der Waals surface area contributed by atoms with Gasteiger partial charge in [-0.15, -0.1) is 0 Å². The van der Waals surface area contributed by atoms with E-state index in [1.807, 2.05) is 60.7 Å². The molecule has 3 aromatic rings. The second-order valence-electron chi connectivity index (χ2n) is 8.25. The molecule has 0 aliphatic carbocycles. The van der Waals surface area contributed by atoms with Crippen LogP contribution in [0.1, 0.15) is 17.5 Å². The number of carbonyl (C=O) groups excluding carboxylic acids is 2. The van der Waals surface area contributed by atoms with Crippen molar-refractivity contribution in [1.82, 2.24) is 14.7 Å². The van der Waals surface area contributed by atoms with Crippen LogP contribution in [0.2, 0.25) is 0 Å². The Kier molecular flexibility index (Phi) is 7.99. The number of sulfonamides is 1. The van der Waals surface area contributed by atoms with Crippen LogP contribution in [0.3, 0.4) is 0 Å². The first kappa shape index (κ1) is 25.4. The van der Waals surface area contributed by atoms with E-state index in [1.54, 1.807) is 0 Å². The van der Waals surface area contributed by atoms with Gasteiger partial charge in [-0.3, -0.25) is 14.4 Å². The lowest BCUT2D eigenvalue weighted by Gasteiger charge is -2.39. The number of benzene rings is 3. The third kappa shape index (κ3) is 5.91. The van der Waals surface area contributed by atoms with E-state index in [4.69, 9.17) is 9.57 Å². The molecule has 1 N–H and O–H groups in total. The minimum atomic E-state index is -4.14. The third-order valence-corrected chi connectivity index (χ3v) is 7.67. The second kappa shape index (κ2) is 11.3. The van der Waals surface area contributed by atoms with Gasteiger partial charge in [0.1, 0.15) is 11.8 Å². The van der Waals surface area contributed by atoms with E-state index in [0.717, 1.165) is 15.4 Å². The standard InChI is InChI=1S/C26H27N3O6S/c1-34-22-12-14-23(15-13-22)36(32,33)29-19-28(17-20-8-4-2-5-9-20)25(30)16-24(29)26(31)27-35-18-21-10-6-3-7-11-21/h2-15,24H,16-19H2,1H3,(H,27,31)/t24-/m1/s1. The highest BCUT2D eigenvalue weighted by Crippen LogP contribution is 2.27. The van der Waals surface area contributed by atoms with Crippen LogP contribution in [0.25, 0.3) is 0 Å². The highest BCUT2D eigenvalue weighted by Gasteiger charge is 2.43. The zero-order valence-electron chi connectivity index (χ0n) is 19.7.